The fourth-order valence-corrected chi connectivity index (χ4v) is 2.95. The molecule has 0 aliphatic rings. The summed E-state index contributed by atoms with van der Waals surface area (Å²) in [6.07, 6.45) is 0.192. The smallest absolute Gasteiger partial charge is 0.234 e. The molecular formula is C17H17N3O2S. The van der Waals surface area contributed by atoms with E-state index in [4.69, 9.17) is 4.42 Å². The average molecular weight is 327 g/mol. The number of nitrogens with zero attached hydrogens (tertiary/aromatic N) is 3. The summed E-state index contributed by atoms with van der Waals surface area (Å²) in [6, 6.07) is 9.66. The molecule has 23 heavy (non-hydrogen) atoms. The van der Waals surface area contributed by atoms with Crippen molar-refractivity contribution < 1.29 is 9.21 Å². The second-order valence-electron chi connectivity index (χ2n) is 5.29. The molecule has 0 radical (unpaired) electrons. The van der Waals surface area contributed by atoms with Gasteiger partial charge in [-0.25, -0.2) is 9.97 Å². The Morgan fingerprint density at radius 2 is 1.96 bits per heavy atom. The standard InChI is InChI=1S/C17H17N3O2S/c1-11-10-23-17(18-11)20(3)15(21)9-14-12(2)22-16(19-14)13-7-5-4-6-8-13/h4-8,10H,9H2,1-3H3. The zero-order valence-electron chi connectivity index (χ0n) is 13.2. The number of hydrogen-bond acceptors (Lipinski definition) is 5. The van der Waals surface area contributed by atoms with Crippen LogP contribution in [0, 0.1) is 13.8 Å². The Kier molecular flexibility index (Phi) is 4.25. The van der Waals surface area contributed by atoms with Gasteiger partial charge in [0.15, 0.2) is 5.13 Å². The third-order valence-corrected chi connectivity index (χ3v) is 4.53. The van der Waals surface area contributed by atoms with E-state index < -0.39 is 0 Å². The van der Waals surface area contributed by atoms with Crippen molar-refractivity contribution in [1.29, 1.82) is 0 Å². The highest BCUT2D eigenvalue weighted by atomic mass is 32.1. The molecule has 3 aromatic rings. The molecule has 6 heteroatoms. The minimum absolute atomic E-state index is 0.0599. The van der Waals surface area contributed by atoms with Gasteiger partial charge in [-0.1, -0.05) is 18.2 Å². The number of carbonyl (C=O) groups excluding carboxylic acids is 1. The SMILES string of the molecule is Cc1csc(N(C)C(=O)Cc2nc(-c3ccccc3)oc2C)n1. The van der Waals surface area contributed by atoms with Gasteiger partial charge in [0, 0.05) is 18.0 Å². The Morgan fingerprint density at radius 1 is 1.22 bits per heavy atom. The van der Waals surface area contributed by atoms with E-state index in [0.717, 1.165) is 11.3 Å². The van der Waals surface area contributed by atoms with Crippen LogP contribution in [0.15, 0.2) is 40.1 Å². The van der Waals surface area contributed by atoms with Gasteiger partial charge >= 0.3 is 0 Å². The topological polar surface area (TPSA) is 59.2 Å². The number of rotatable bonds is 4. The van der Waals surface area contributed by atoms with Gasteiger partial charge in [0.25, 0.3) is 0 Å². The minimum atomic E-state index is -0.0599. The molecule has 0 atom stereocenters. The molecule has 0 bridgehead atoms. The van der Waals surface area contributed by atoms with Gasteiger partial charge in [0.05, 0.1) is 17.8 Å². The zero-order chi connectivity index (χ0) is 16.4. The molecule has 0 unspecified atom stereocenters. The number of hydrogen-bond donors (Lipinski definition) is 0. The maximum absolute atomic E-state index is 12.4. The first-order valence-electron chi connectivity index (χ1n) is 7.25. The highest BCUT2D eigenvalue weighted by Crippen LogP contribution is 2.23. The van der Waals surface area contributed by atoms with Crippen LogP contribution in [-0.4, -0.2) is 22.9 Å². The van der Waals surface area contributed by atoms with E-state index in [0.29, 0.717) is 22.5 Å². The fourth-order valence-electron chi connectivity index (χ4n) is 2.16. The van der Waals surface area contributed by atoms with Crippen LogP contribution in [-0.2, 0) is 11.2 Å². The summed E-state index contributed by atoms with van der Waals surface area (Å²) in [5, 5.41) is 2.62. The maximum Gasteiger partial charge on any atom is 0.234 e. The van der Waals surface area contributed by atoms with Gasteiger partial charge < -0.3 is 4.42 Å². The third-order valence-electron chi connectivity index (χ3n) is 3.50. The Labute approximate surface area is 138 Å². The van der Waals surface area contributed by atoms with Gasteiger partial charge in [0.1, 0.15) is 5.76 Å². The number of thiazole rings is 1. The number of likely N-dealkylation sites (N-methyl/N-ethyl adjacent to an activating group) is 1. The molecule has 5 nitrogen and oxygen atoms in total. The van der Waals surface area contributed by atoms with Gasteiger partial charge in [-0.15, -0.1) is 11.3 Å². The molecule has 0 saturated carbocycles. The molecule has 0 aliphatic carbocycles. The van der Waals surface area contributed by atoms with Gasteiger partial charge in [-0.3, -0.25) is 9.69 Å². The highest BCUT2D eigenvalue weighted by Gasteiger charge is 2.19. The van der Waals surface area contributed by atoms with Crippen molar-refractivity contribution in [2.75, 3.05) is 11.9 Å². The number of aromatic nitrogens is 2. The predicted octanol–water partition coefficient (Wildman–Crippen LogP) is 3.62. The van der Waals surface area contributed by atoms with Crippen molar-refractivity contribution in [3.05, 3.63) is 52.9 Å². The summed E-state index contributed by atoms with van der Waals surface area (Å²) in [7, 11) is 1.73. The van der Waals surface area contributed by atoms with Crippen molar-refractivity contribution in [1.82, 2.24) is 9.97 Å². The van der Waals surface area contributed by atoms with Crippen molar-refractivity contribution in [2.45, 2.75) is 20.3 Å². The van der Waals surface area contributed by atoms with E-state index in [2.05, 4.69) is 9.97 Å². The quantitative estimate of drug-likeness (QED) is 0.734. The lowest BCUT2D eigenvalue weighted by Crippen LogP contribution is -2.28. The molecule has 0 aliphatic heterocycles. The molecule has 2 aromatic heterocycles. The summed E-state index contributed by atoms with van der Waals surface area (Å²) < 4.78 is 5.70. The van der Waals surface area contributed by atoms with Crippen molar-refractivity contribution in [2.24, 2.45) is 0 Å². The first-order chi connectivity index (χ1) is 11.0. The van der Waals surface area contributed by atoms with Crippen LogP contribution >= 0.6 is 11.3 Å². The molecule has 0 spiro atoms. The predicted molar refractivity (Wildman–Crippen MR) is 90.6 cm³/mol. The average Bonchev–Trinajstić information content (AvgIpc) is 3.14. The van der Waals surface area contributed by atoms with Crippen LogP contribution in [0.1, 0.15) is 17.1 Å². The first kappa shape index (κ1) is 15.4. The van der Waals surface area contributed by atoms with E-state index in [-0.39, 0.29) is 12.3 Å². The first-order valence-corrected chi connectivity index (χ1v) is 8.13. The van der Waals surface area contributed by atoms with Crippen LogP contribution in [0.25, 0.3) is 11.5 Å². The number of carbonyl (C=O) groups is 1. The zero-order valence-corrected chi connectivity index (χ0v) is 14.1. The molecule has 118 valence electrons. The fraction of sp³-hybridized carbons (Fsp3) is 0.235. The second kappa shape index (κ2) is 6.34. The second-order valence-corrected chi connectivity index (χ2v) is 6.13. The largest absolute Gasteiger partial charge is 0.441 e. The lowest BCUT2D eigenvalue weighted by atomic mass is 10.2. The number of benzene rings is 1. The number of anilines is 1. The Bertz CT molecular complexity index is 823. The summed E-state index contributed by atoms with van der Waals surface area (Å²) in [6.45, 7) is 3.74. The van der Waals surface area contributed by atoms with E-state index in [1.807, 2.05) is 49.6 Å². The molecule has 2 heterocycles. The van der Waals surface area contributed by atoms with Crippen LogP contribution in [0.2, 0.25) is 0 Å². The summed E-state index contributed by atoms with van der Waals surface area (Å²) in [5.41, 5.74) is 2.47. The summed E-state index contributed by atoms with van der Waals surface area (Å²) >= 11 is 1.45. The van der Waals surface area contributed by atoms with Crippen molar-refractivity contribution in [3.8, 4) is 11.5 Å². The maximum atomic E-state index is 12.4. The van der Waals surface area contributed by atoms with Gasteiger partial charge in [-0.2, -0.15) is 0 Å². The van der Waals surface area contributed by atoms with Crippen LogP contribution < -0.4 is 4.90 Å². The number of amides is 1. The summed E-state index contributed by atoms with van der Waals surface area (Å²) in [5.74, 6) is 1.15. The van der Waals surface area contributed by atoms with E-state index in [1.54, 1.807) is 11.9 Å². The van der Waals surface area contributed by atoms with Gasteiger partial charge in [0.2, 0.25) is 11.8 Å². The molecule has 1 amide bonds. The number of aryl methyl sites for hydroxylation is 2. The van der Waals surface area contributed by atoms with E-state index >= 15 is 0 Å². The van der Waals surface area contributed by atoms with E-state index in [9.17, 15) is 4.79 Å². The highest BCUT2D eigenvalue weighted by molar-refractivity contribution is 7.14. The van der Waals surface area contributed by atoms with Crippen LogP contribution in [0.3, 0.4) is 0 Å². The van der Waals surface area contributed by atoms with Crippen molar-refractivity contribution in [3.63, 3.8) is 0 Å². The third kappa shape index (κ3) is 3.32. The van der Waals surface area contributed by atoms with Crippen LogP contribution in [0.5, 0.6) is 0 Å². The Hall–Kier alpha value is -2.47. The molecule has 1 aromatic carbocycles. The summed E-state index contributed by atoms with van der Waals surface area (Å²) in [4.78, 5) is 22.8. The van der Waals surface area contributed by atoms with Crippen LogP contribution in [0.4, 0.5) is 5.13 Å². The van der Waals surface area contributed by atoms with Gasteiger partial charge in [-0.05, 0) is 26.0 Å². The molecule has 0 fully saturated rings. The molecule has 3 rings (SSSR count). The van der Waals surface area contributed by atoms with Crippen molar-refractivity contribution >= 4 is 22.4 Å². The minimum Gasteiger partial charge on any atom is -0.441 e. The number of oxazole rings is 1. The molecule has 0 N–H and O–H groups in total. The lowest BCUT2D eigenvalue weighted by molar-refractivity contribution is -0.117. The Morgan fingerprint density at radius 3 is 2.61 bits per heavy atom. The Balaban J connectivity index is 1.78. The molecule has 0 saturated heterocycles. The molecular weight excluding hydrogens is 310 g/mol. The lowest BCUT2D eigenvalue weighted by Gasteiger charge is -2.12. The monoisotopic (exact) mass is 327 g/mol. The van der Waals surface area contributed by atoms with E-state index in [1.165, 1.54) is 11.3 Å². The normalized spacial score (nSPS) is 10.7.